The lowest BCUT2D eigenvalue weighted by Crippen LogP contribution is -2.13. The maximum atomic E-state index is 10.8. The van der Waals surface area contributed by atoms with Crippen molar-refractivity contribution in [2.75, 3.05) is 19.5 Å². The van der Waals surface area contributed by atoms with Gasteiger partial charge >= 0.3 is 0 Å². The van der Waals surface area contributed by atoms with Gasteiger partial charge in [-0.2, -0.15) is 0 Å². The summed E-state index contributed by atoms with van der Waals surface area (Å²) in [5.41, 5.74) is 1.87. The van der Waals surface area contributed by atoms with E-state index in [0.717, 1.165) is 22.6 Å². The second-order valence-electron chi connectivity index (χ2n) is 5.79. The number of methoxy groups -OCH3 is 2. The number of anilines is 1. The van der Waals surface area contributed by atoms with Crippen LogP contribution in [0.2, 0.25) is 0 Å². The van der Waals surface area contributed by atoms with Gasteiger partial charge in [0.2, 0.25) is 0 Å². The van der Waals surface area contributed by atoms with Crippen molar-refractivity contribution in [3.8, 4) is 11.5 Å². The molecule has 7 heteroatoms. The summed E-state index contributed by atoms with van der Waals surface area (Å²) in [4.78, 5) is 14.5. The molecule has 0 aliphatic rings. The highest BCUT2D eigenvalue weighted by Crippen LogP contribution is 2.30. The largest absolute Gasteiger partial charge is 0.497 e. The third-order valence-electron chi connectivity index (χ3n) is 4.11. The summed E-state index contributed by atoms with van der Waals surface area (Å²) < 4.78 is 10.7. The summed E-state index contributed by atoms with van der Waals surface area (Å²) in [5.74, 6) is 1.99. The summed E-state index contributed by atoms with van der Waals surface area (Å²) in [6, 6.07) is 18.1. The van der Waals surface area contributed by atoms with E-state index in [2.05, 4.69) is 10.3 Å². The van der Waals surface area contributed by atoms with Gasteiger partial charge in [0.05, 0.1) is 25.2 Å². The number of hydrogen-bond donors (Lipinski definition) is 1. The Morgan fingerprint density at radius 2 is 1.56 bits per heavy atom. The Hall–Kier alpha value is -3.61. The first-order valence-electron chi connectivity index (χ1n) is 8.25. The van der Waals surface area contributed by atoms with Crippen molar-refractivity contribution in [2.45, 2.75) is 6.04 Å². The minimum absolute atomic E-state index is 0.0557. The molecule has 0 spiro atoms. The second kappa shape index (κ2) is 8.18. The molecule has 0 saturated heterocycles. The molecule has 0 aliphatic heterocycles. The Morgan fingerprint density at radius 1 is 0.963 bits per heavy atom. The SMILES string of the molecule is COc1cccc(C(Nc2ccc([N+](=O)[O-])cn2)c2cccc(OC)c2)c1. The molecule has 2 aromatic carbocycles. The molecule has 3 aromatic rings. The molecule has 138 valence electrons. The van der Waals surface area contributed by atoms with E-state index in [0.29, 0.717) is 5.82 Å². The number of nitro groups is 1. The van der Waals surface area contributed by atoms with Crippen LogP contribution in [-0.4, -0.2) is 24.1 Å². The summed E-state index contributed by atoms with van der Waals surface area (Å²) in [5, 5.41) is 14.2. The van der Waals surface area contributed by atoms with Crippen molar-refractivity contribution in [1.82, 2.24) is 4.98 Å². The van der Waals surface area contributed by atoms with Crippen LogP contribution in [0, 0.1) is 10.1 Å². The van der Waals surface area contributed by atoms with Crippen molar-refractivity contribution in [3.63, 3.8) is 0 Å². The number of nitrogens with zero attached hydrogens (tertiary/aromatic N) is 2. The molecule has 1 aromatic heterocycles. The number of ether oxygens (including phenoxy) is 2. The van der Waals surface area contributed by atoms with Crippen LogP contribution in [0.5, 0.6) is 11.5 Å². The highest BCUT2D eigenvalue weighted by Gasteiger charge is 2.17. The number of nitrogens with one attached hydrogen (secondary N) is 1. The third kappa shape index (κ3) is 4.33. The fourth-order valence-electron chi connectivity index (χ4n) is 2.73. The molecule has 0 bridgehead atoms. The maximum absolute atomic E-state index is 10.8. The van der Waals surface area contributed by atoms with Crippen LogP contribution < -0.4 is 14.8 Å². The Balaban J connectivity index is 1.99. The molecule has 0 fully saturated rings. The molecule has 0 unspecified atom stereocenters. The Kier molecular flexibility index (Phi) is 5.51. The van der Waals surface area contributed by atoms with E-state index < -0.39 is 4.92 Å². The molecule has 1 heterocycles. The van der Waals surface area contributed by atoms with E-state index in [9.17, 15) is 10.1 Å². The number of benzene rings is 2. The third-order valence-corrected chi connectivity index (χ3v) is 4.11. The smallest absolute Gasteiger partial charge is 0.287 e. The molecule has 0 saturated carbocycles. The minimum atomic E-state index is -0.474. The van der Waals surface area contributed by atoms with Crippen LogP contribution in [0.25, 0.3) is 0 Å². The zero-order chi connectivity index (χ0) is 19.2. The van der Waals surface area contributed by atoms with Gasteiger partial charge < -0.3 is 14.8 Å². The first-order chi connectivity index (χ1) is 13.1. The van der Waals surface area contributed by atoms with E-state index >= 15 is 0 Å². The van der Waals surface area contributed by atoms with Gasteiger partial charge in [0.25, 0.3) is 5.69 Å². The predicted octanol–water partition coefficient (Wildman–Crippen LogP) is 4.21. The zero-order valence-electron chi connectivity index (χ0n) is 15.0. The Labute approximate surface area is 156 Å². The first-order valence-corrected chi connectivity index (χ1v) is 8.25. The minimum Gasteiger partial charge on any atom is -0.497 e. The van der Waals surface area contributed by atoms with Gasteiger partial charge in [0.1, 0.15) is 23.5 Å². The van der Waals surface area contributed by atoms with E-state index in [-0.39, 0.29) is 11.7 Å². The number of rotatable bonds is 7. The van der Waals surface area contributed by atoms with Gasteiger partial charge in [-0.3, -0.25) is 10.1 Å². The average Bonchev–Trinajstić information content (AvgIpc) is 2.72. The topological polar surface area (TPSA) is 86.5 Å². The fourth-order valence-corrected chi connectivity index (χ4v) is 2.73. The zero-order valence-corrected chi connectivity index (χ0v) is 15.0. The molecule has 1 N–H and O–H groups in total. The van der Waals surface area contributed by atoms with E-state index in [1.54, 1.807) is 20.3 Å². The highest BCUT2D eigenvalue weighted by atomic mass is 16.6. The van der Waals surface area contributed by atoms with E-state index in [1.165, 1.54) is 12.3 Å². The summed E-state index contributed by atoms with van der Waals surface area (Å²) >= 11 is 0. The van der Waals surface area contributed by atoms with Crippen LogP contribution in [-0.2, 0) is 0 Å². The van der Waals surface area contributed by atoms with Crippen molar-refractivity contribution in [1.29, 1.82) is 0 Å². The second-order valence-corrected chi connectivity index (χ2v) is 5.79. The van der Waals surface area contributed by atoms with Crippen molar-refractivity contribution >= 4 is 11.5 Å². The highest BCUT2D eigenvalue weighted by molar-refractivity contribution is 5.48. The molecule has 27 heavy (non-hydrogen) atoms. The molecular formula is C20H19N3O4. The van der Waals surface area contributed by atoms with Gasteiger partial charge in [0, 0.05) is 6.07 Å². The van der Waals surface area contributed by atoms with Crippen molar-refractivity contribution in [3.05, 3.63) is 88.1 Å². The fraction of sp³-hybridized carbons (Fsp3) is 0.150. The van der Waals surface area contributed by atoms with Gasteiger partial charge in [0.15, 0.2) is 0 Å². The molecule has 7 nitrogen and oxygen atoms in total. The predicted molar refractivity (Wildman–Crippen MR) is 102 cm³/mol. The molecular weight excluding hydrogens is 346 g/mol. The standard InChI is InChI=1S/C20H19N3O4/c1-26-17-7-3-5-14(11-17)20(15-6-4-8-18(12-15)27-2)22-19-10-9-16(13-21-19)23(24)25/h3-13,20H,1-2H3,(H,21,22). The summed E-state index contributed by atoms with van der Waals surface area (Å²) in [6.07, 6.45) is 1.23. The maximum Gasteiger partial charge on any atom is 0.287 e. The van der Waals surface area contributed by atoms with Crippen LogP contribution in [0.4, 0.5) is 11.5 Å². The quantitative estimate of drug-likeness (QED) is 0.499. The van der Waals surface area contributed by atoms with Crippen molar-refractivity contribution in [2.24, 2.45) is 0 Å². The number of pyridine rings is 1. The van der Waals surface area contributed by atoms with E-state index in [4.69, 9.17) is 9.47 Å². The Morgan fingerprint density at radius 3 is 2.00 bits per heavy atom. The number of hydrogen-bond acceptors (Lipinski definition) is 6. The lowest BCUT2D eigenvalue weighted by atomic mass is 9.98. The molecule has 0 aliphatic carbocycles. The lowest BCUT2D eigenvalue weighted by molar-refractivity contribution is -0.385. The summed E-state index contributed by atoms with van der Waals surface area (Å²) in [7, 11) is 3.23. The van der Waals surface area contributed by atoms with Gasteiger partial charge in [-0.15, -0.1) is 0 Å². The van der Waals surface area contributed by atoms with Crippen LogP contribution >= 0.6 is 0 Å². The molecule has 0 amide bonds. The van der Waals surface area contributed by atoms with Crippen molar-refractivity contribution < 1.29 is 14.4 Å². The molecule has 0 atom stereocenters. The Bertz CT molecular complexity index is 881. The molecule has 0 radical (unpaired) electrons. The monoisotopic (exact) mass is 365 g/mol. The van der Waals surface area contributed by atoms with Crippen LogP contribution in [0.1, 0.15) is 17.2 Å². The number of aromatic nitrogens is 1. The average molecular weight is 365 g/mol. The normalized spacial score (nSPS) is 10.5. The first kappa shape index (κ1) is 18.2. The van der Waals surface area contributed by atoms with Crippen LogP contribution in [0.15, 0.2) is 66.9 Å². The van der Waals surface area contributed by atoms with Gasteiger partial charge in [-0.05, 0) is 41.5 Å². The van der Waals surface area contributed by atoms with Gasteiger partial charge in [-0.25, -0.2) is 4.98 Å². The lowest BCUT2D eigenvalue weighted by Gasteiger charge is -2.21. The van der Waals surface area contributed by atoms with E-state index in [1.807, 2.05) is 48.5 Å². The summed E-state index contributed by atoms with van der Waals surface area (Å²) in [6.45, 7) is 0. The van der Waals surface area contributed by atoms with Crippen LogP contribution in [0.3, 0.4) is 0 Å². The van der Waals surface area contributed by atoms with Gasteiger partial charge in [-0.1, -0.05) is 24.3 Å². The molecule has 3 rings (SSSR count).